The lowest BCUT2D eigenvalue weighted by Gasteiger charge is -2.12. The standard InChI is InChI=1S/C25H22N4O2/c1-18-22(17-27-29(18)20-12-6-3-7-13-20)25(31)28-23-15-9-8-14-21(23)24(30)26-16-19-10-4-2-5-11-19/h2-15,17H,16H2,1H3,(H,26,30)(H,28,31). The first-order chi connectivity index (χ1) is 15.1. The van der Waals surface area contributed by atoms with Crippen LogP contribution in [0.2, 0.25) is 0 Å². The van der Waals surface area contributed by atoms with E-state index in [1.54, 1.807) is 28.9 Å². The molecule has 0 saturated carbocycles. The third kappa shape index (κ3) is 4.53. The summed E-state index contributed by atoms with van der Waals surface area (Å²) in [7, 11) is 0. The average Bonchev–Trinajstić information content (AvgIpc) is 3.20. The lowest BCUT2D eigenvalue weighted by atomic mass is 10.1. The monoisotopic (exact) mass is 410 g/mol. The highest BCUT2D eigenvalue weighted by Gasteiger charge is 2.18. The first-order valence-electron chi connectivity index (χ1n) is 9.96. The van der Waals surface area contributed by atoms with E-state index in [9.17, 15) is 9.59 Å². The molecule has 3 aromatic carbocycles. The summed E-state index contributed by atoms with van der Waals surface area (Å²) in [6, 6.07) is 26.2. The van der Waals surface area contributed by atoms with Crippen LogP contribution in [0.25, 0.3) is 5.69 Å². The highest BCUT2D eigenvalue weighted by Crippen LogP contribution is 2.19. The molecule has 0 bridgehead atoms. The van der Waals surface area contributed by atoms with Crippen LogP contribution >= 0.6 is 0 Å². The van der Waals surface area contributed by atoms with Crippen LogP contribution < -0.4 is 10.6 Å². The van der Waals surface area contributed by atoms with Crippen molar-refractivity contribution in [1.82, 2.24) is 15.1 Å². The summed E-state index contributed by atoms with van der Waals surface area (Å²) in [6.45, 7) is 2.25. The number of hydrogen-bond donors (Lipinski definition) is 2. The Morgan fingerprint density at radius 2 is 1.45 bits per heavy atom. The molecule has 4 aromatic rings. The van der Waals surface area contributed by atoms with Gasteiger partial charge in [0, 0.05) is 6.54 Å². The van der Waals surface area contributed by atoms with Crippen LogP contribution in [0.15, 0.2) is 91.1 Å². The number of benzene rings is 3. The Labute approximate surface area is 180 Å². The SMILES string of the molecule is Cc1c(C(=O)Nc2ccccc2C(=O)NCc2ccccc2)cnn1-c1ccccc1. The second-order valence-electron chi connectivity index (χ2n) is 7.06. The fourth-order valence-electron chi connectivity index (χ4n) is 3.32. The zero-order valence-corrected chi connectivity index (χ0v) is 17.1. The normalized spacial score (nSPS) is 10.5. The summed E-state index contributed by atoms with van der Waals surface area (Å²) in [5, 5.41) is 10.1. The van der Waals surface area contributed by atoms with Crippen molar-refractivity contribution in [2.75, 3.05) is 5.32 Å². The molecule has 0 unspecified atom stereocenters. The van der Waals surface area contributed by atoms with Gasteiger partial charge < -0.3 is 10.6 Å². The van der Waals surface area contributed by atoms with Gasteiger partial charge in [-0.15, -0.1) is 0 Å². The van der Waals surface area contributed by atoms with Crippen molar-refractivity contribution < 1.29 is 9.59 Å². The molecule has 0 atom stereocenters. The van der Waals surface area contributed by atoms with Crippen LogP contribution in [0.4, 0.5) is 5.69 Å². The van der Waals surface area contributed by atoms with Gasteiger partial charge >= 0.3 is 0 Å². The average molecular weight is 410 g/mol. The third-order valence-electron chi connectivity index (χ3n) is 4.97. The van der Waals surface area contributed by atoms with E-state index in [4.69, 9.17) is 0 Å². The van der Waals surface area contributed by atoms with Crippen LogP contribution in [-0.2, 0) is 6.54 Å². The molecule has 0 aliphatic carbocycles. The molecule has 0 radical (unpaired) electrons. The Bertz CT molecular complexity index is 1200. The predicted molar refractivity (Wildman–Crippen MR) is 120 cm³/mol. The zero-order valence-electron chi connectivity index (χ0n) is 17.1. The molecular formula is C25H22N4O2. The van der Waals surface area contributed by atoms with Crippen LogP contribution in [0, 0.1) is 6.92 Å². The molecule has 2 amide bonds. The minimum atomic E-state index is -0.317. The number of carbonyl (C=O) groups excluding carboxylic acids is 2. The summed E-state index contributed by atoms with van der Waals surface area (Å²) < 4.78 is 1.72. The number of hydrogen-bond acceptors (Lipinski definition) is 3. The van der Waals surface area contributed by atoms with Crippen LogP contribution in [0.5, 0.6) is 0 Å². The number of nitrogens with zero attached hydrogens (tertiary/aromatic N) is 2. The van der Waals surface area contributed by atoms with E-state index in [-0.39, 0.29) is 11.8 Å². The number of para-hydroxylation sites is 2. The van der Waals surface area contributed by atoms with E-state index in [0.717, 1.165) is 16.9 Å². The van der Waals surface area contributed by atoms with Gasteiger partial charge in [-0.1, -0.05) is 60.7 Å². The second-order valence-corrected chi connectivity index (χ2v) is 7.06. The van der Waals surface area contributed by atoms with Crippen LogP contribution in [0.1, 0.15) is 32.0 Å². The fraction of sp³-hybridized carbons (Fsp3) is 0.0800. The molecule has 6 heteroatoms. The number of rotatable bonds is 6. The molecule has 0 aliphatic rings. The molecule has 0 fully saturated rings. The molecular weight excluding hydrogens is 388 g/mol. The number of anilines is 1. The zero-order chi connectivity index (χ0) is 21.6. The Balaban J connectivity index is 1.51. The van der Waals surface area contributed by atoms with Crippen molar-refractivity contribution in [2.24, 2.45) is 0 Å². The van der Waals surface area contributed by atoms with Gasteiger partial charge in [-0.3, -0.25) is 9.59 Å². The minimum absolute atomic E-state index is 0.253. The number of amides is 2. The maximum Gasteiger partial charge on any atom is 0.259 e. The fourth-order valence-corrected chi connectivity index (χ4v) is 3.32. The topological polar surface area (TPSA) is 76.0 Å². The van der Waals surface area contributed by atoms with E-state index in [2.05, 4.69) is 15.7 Å². The maximum absolute atomic E-state index is 12.9. The van der Waals surface area contributed by atoms with E-state index < -0.39 is 0 Å². The maximum atomic E-state index is 12.9. The van der Waals surface area contributed by atoms with Gasteiger partial charge in [-0.05, 0) is 36.8 Å². The van der Waals surface area contributed by atoms with Gasteiger partial charge in [0.2, 0.25) is 0 Å². The molecule has 1 aromatic heterocycles. The third-order valence-corrected chi connectivity index (χ3v) is 4.97. The van der Waals surface area contributed by atoms with E-state index in [1.807, 2.05) is 67.6 Å². The number of aromatic nitrogens is 2. The van der Waals surface area contributed by atoms with Crippen molar-refractivity contribution >= 4 is 17.5 Å². The van der Waals surface area contributed by atoms with Crippen LogP contribution in [-0.4, -0.2) is 21.6 Å². The molecule has 0 aliphatic heterocycles. The molecule has 1 heterocycles. The molecule has 0 spiro atoms. The van der Waals surface area contributed by atoms with Gasteiger partial charge in [0.25, 0.3) is 11.8 Å². The molecule has 4 rings (SSSR count). The largest absolute Gasteiger partial charge is 0.348 e. The van der Waals surface area contributed by atoms with Crippen molar-refractivity contribution in [3.8, 4) is 5.69 Å². The summed E-state index contributed by atoms with van der Waals surface area (Å²) in [5.74, 6) is -0.570. The van der Waals surface area contributed by atoms with Gasteiger partial charge in [0.15, 0.2) is 0 Å². The molecule has 0 saturated heterocycles. The molecule has 2 N–H and O–H groups in total. The van der Waals surface area contributed by atoms with Crippen molar-refractivity contribution in [2.45, 2.75) is 13.5 Å². The quantitative estimate of drug-likeness (QED) is 0.496. The Morgan fingerprint density at radius 3 is 2.19 bits per heavy atom. The molecule has 31 heavy (non-hydrogen) atoms. The van der Waals surface area contributed by atoms with E-state index in [0.29, 0.717) is 23.4 Å². The van der Waals surface area contributed by atoms with Gasteiger partial charge in [0.1, 0.15) is 0 Å². The van der Waals surface area contributed by atoms with E-state index in [1.165, 1.54) is 6.20 Å². The first kappa shape index (κ1) is 20.1. The van der Waals surface area contributed by atoms with E-state index >= 15 is 0 Å². The minimum Gasteiger partial charge on any atom is -0.348 e. The Morgan fingerprint density at radius 1 is 0.806 bits per heavy atom. The summed E-state index contributed by atoms with van der Waals surface area (Å²) in [5.41, 5.74) is 3.89. The summed E-state index contributed by atoms with van der Waals surface area (Å²) in [6.07, 6.45) is 1.54. The highest BCUT2D eigenvalue weighted by atomic mass is 16.2. The van der Waals surface area contributed by atoms with Gasteiger partial charge in [0.05, 0.1) is 34.4 Å². The highest BCUT2D eigenvalue weighted by molar-refractivity contribution is 6.09. The van der Waals surface area contributed by atoms with Crippen molar-refractivity contribution in [3.05, 3.63) is 114 Å². The lowest BCUT2D eigenvalue weighted by Crippen LogP contribution is -2.25. The summed E-state index contributed by atoms with van der Waals surface area (Å²) in [4.78, 5) is 25.7. The smallest absolute Gasteiger partial charge is 0.259 e. The van der Waals surface area contributed by atoms with Gasteiger partial charge in [-0.25, -0.2) is 4.68 Å². The second kappa shape index (κ2) is 9.09. The first-order valence-corrected chi connectivity index (χ1v) is 9.96. The van der Waals surface area contributed by atoms with Crippen molar-refractivity contribution in [1.29, 1.82) is 0 Å². The number of nitrogens with one attached hydrogen (secondary N) is 2. The Hall–Kier alpha value is -4.19. The van der Waals surface area contributed by atoms with Crippen molar-refractivity contribution in [3.63, 3.8) is 0 Å². The predicted octanol–water partition coefficient (Wildman–Crippen LogP) is 4.36. The molecule has 6 nitrogen and oxygen atoms in total. The summed E-state index contributed by atoms with van der Waals surface area (Å²) >= 11 is 0. The number of carbonyl (C=O) groups is 2. The Kier molecular flexibility index (Phi) is 5.89. The molecule has 154 valence electrons. The lowest BCUT2D eigenvalue weighted by molar-refractivity contribution is 0.0952. The van der Waals surface area contributed by atoms with Crippen LogP contribution in [0.3, 0.4) is 0 Å². The van der Waals surface area contributed by atoms with Gasteiger partial charge in [-0.2, -0.15) is 5.10 Å².